The molecule has 0 spiro atoms. The van der Waals surface area contributed by atoms with Crippen LogP contribution < -0.4 is 4.74 Å². The van der Waals surface area contributed by atoms with E-state index in [9.17, 15) is 9.50 Å². The van der Waals surface area contributed by atoms with Crippen LogP contribution in [0.3, 0.4) is 0 Å². The zero-order chi connectivity index (χ0) is 14.9. The van der Waals surface area contributed by atoms with E-state index >= 15 is 0 Å². The molecule has 2 rings (SSSR count). The van der Waals surface area contributed by atoms with Gasteiger partial charge in [0.2, 0.25) is 0 Å². The van der Waals surface area contributed by atoms with Gasteiger partial charge in [0.25, 0.3) is 0 Å². The molecule has 0 aliphatic heterocycles. The Morgan fingerprint density at radius 1 is 1.15 bits per heavy atom. The van der Waals surface area contributed by atoms with Crippen molar-refractivity contribution in [3.05, 3.63) is 61.8 Å². The number of benzene rings is 2. The van der Waals surface area contributed by atoms with Gasteiger partial charge in [0.1, 0.15) is 17.7 Å². The summed E-state index contributed by atoms with van der Waals surface area (Å²) in [6, 6.07) is 7.35. The van der Waals surface area contributed by atoms with Crippen LogP contribution in [0.25, 0.3) is 0 Å². The number of hydrogen-bond acceptors (Lipinski definition) is 2. The molecule has 2 nitrogen and oxygen atoms in total. The van der Waals surface area contributed by atoms with E-state index in [0.29, 0.717) is 20.8 Å². The fourth-order valence-electron chi connectivity index (χ4n) is 1.80. The predicted molar refractivity (Wildman–Crippen MR) is 81.2 cm³/mol. The Kier molecular flexibility index (Phi) is 4.91. The van der Waals surface area contributed by atoms with Crippen LogP contribution in [0.15, 0.2) is 34.8 Å². The third-order valence-corrected chi connectivity index (χ3v) is 3.94. The molecule has 2 aromatic carbocycles. The first-order chi connectivity index (χ1) is 9.43. The van der Waals surface area contributed by atoms with E-state index in [1.807, 2.05) is 0 Å². The molecule has 0 aliphatic carbocycles. The standard InChI is InChI=1S/C14H10BrCl2FO2/c1-20-13-6-10(16)9(5-11(13)17)14(19)8-3-2-7(15)4-12(8)18/h2-6,14,19H,1H3. The maximum Gasteiger partial charge on any atom is 0.138 e. The molecular formula is C14H10BrCl2FO2. The Balaban J connectivity index is 2.48. The molecule has 1 unspecified atom stereocenters. The molecule has 0 fully saturated rings. The lowest BCUT2D eigenvalue weighted by atomic mass is 10.0. The molecule has 106 valence electrons. The monoisotopic (exact) mass is 378 g/mol. The van der Waals surface area contributed by atoms with Crippen LogP contribution in [-0.4, -0.2) is 12.2 Å². The van der Waals surface area contributed by atoms with Gasteiger partial charge in [0.05, 0.1) is 17.2 Å². The average molecular weight is 380 g/mol. The van der Waals surface area contributed by atoms with Crippen LogP contribution in [0.1, 0.15) is 17.2 Å². The lowest BCUT2D eigenvalue weighted by Gasteiger charge is -2.16. The quantitative estimate of drug-likeness (QED) is 0.814. The van der Waals surface area contributed by atoms with E-state index in [1.165, 1.54) is 31.4 Å². The minimum atomic E-state index is -1.21. The number of ether oxygens (including phenoxy) is 1. The van der Waals surface area contributed by atoms with Crippen molar-refractivity contribution < 1.29 is 14.2 Å². The molecule has 0 saturated carbocycles. The summed E-state index contributed by atoms with van der Waals surface area (Å²) in [6.45, 7) is 0. The van der Waals surface area contributed by atoms with Gasteiger partial charge in [0, 0.05) is 21.7 Å². The number of halogens is 4. The molecule has 20 heavy (non-hydrogen) atoms. The van der Waals surface area contributed by atoms with Crippen molar-refractivity contribution in [3.63, 3.8) is 0 Å². The summed E-state index contributed by atoms with van der Waals surface area (Å²) in [5.41, 5.74) is 0.440. The van der Waals surface area contributed by atoms with Crippen molar-refractivity contribution >= 4 is 39.1 Å². The molecule has 0 bridgehead atoms. The molecule has 0 aliphatic rings. The van der Waals surface area contributed by atoms with Gasteiger partial charge in [-0.05, 0) is 18.2 Å². The lowest BCUT2D eigenvalue weighted by Crippen LogP contribution is -2.04. The van der Waals surface area contributed by atoms with Gasteiger partial charge in [-0.3, -0.25) is 0 Å². The zero-order valence-electron chi connectivity index (χ0n) is 10.3. The van der Waals surface area contributed by atoms with Gasteiger partial charge in [-0.1, -0.05) is 45.2 Å². The molecule has 1 atom stereocenters. The first-order valence-corrected chi connectivity index (χ1v) is 7.15. The Morgan fingerprint density at radius 2 is 1.85 bits per heavy atom. The second kappa shape index (κ2) is 6.31. The largest absolute Gasteiger partial charge is 0.495 e. The minimum Gasteiger partial charge on any atom is -0.495 e. The van der Waals surface area contributed by atoms with Crippen LogP contribution in [-0.2, 0) is 0 Å². The summed E-state index contributed by atoms with van der Waals surface area (Å²) in [7, 11) is 1.46. The average Bonchev–Trinajstić information content (AvgIpc) is 2.40. The second-order valence-electron chi connectivity index (χ2n) is 4.08. The molecule has 1 N–H and O–H groups in total. The normalized spacial score (nSPS) is 12.3. The zero-order valence-corrected chi connectivity index (χ0v) is 13.4. The van der Waals surface area contributed by atoms with Crippen molar-refractivity contribution in [2.45, 2.75) is 6.10 Å². The third kappa shape index (κ3) is 3.09. The summed E-state index contributed by atoms with van der Waals surface area (Å²) in [5, 5.41) is 10.8. The summed E-state index contributed by atoms with van der Waals surface area (Å²) in [4.78, 5) is 0. The highest BCUT2D eigenvalue weighted by atomic mass is 79.9. The fraction of sp³-hybridized carbons (Fsp3) is 0.143. The summed E-state index contributed by atoms with van der Waals surface area (Å²) >= 11 is 15.2. The van der Waals surface area contributed by atoms with Crippen molar-refractivity contribution in [2.75, 3.05) is 7.11 Å². The van der Waals surface area contributed by atoms with Gasteiger partial charge in [0.15, 0.2) is 0 Å². The van der Waals surface area contributed by atoms with Crippen molar-refractivity contribution in [3.8, 4) is 5.75 Å². The number of aliphatic hydroxyl groups excluding tert-OH is 1. The van der Waals surface area contributed by atoms with Gasteiger partial charge >= 0.3 is 0 Å². The maximum atomic E-state index is 13.9. The Morgan fingerprint density at radius 3 is 2.45 bits per heavy atom. The molecule has 0 heterocycles. The molecule has 0 amide bonds. The molecule has 2 aromatic rings. The van der Waals surface area contributed by atoms with Gasteiger partial charge in [-0.25, -0.2) is 4.39 Å². The van der Waals surface area contributed by atoms with E-state index in [-0.39, 0.29) is 10.6 Å². The van der Waals surface area contributed by atoms with Crippen molar-refractivity contribution in [1.82, 2.24) is 0 Å². The summed E-state index contributed by atoms with van der Waals surface area (Å²) < 4.78 is 19.5. The van der Waals surface area contributed by atoms with Crippen molar-refractivity contribution in [2.24, 2.45) is 0 Å². The van der Waals surface area contributed by atoms with Gasteiger partial charge < -0.3 is 9.84 Å². The number of rotatable bonds is 3. The van der Waals surface area contributed by atoms with E-state index in [0.717, 1.165) is 0 Å². The highest BCUT2D eigenvalue weighted by Crippen LogP contribution is 2.37. The SMILES string of the molecule is COc1cc(Cl)c(C(O)c2ccc(Br)cc2F)cc1Cl. The smallest absolute Gasteiger partial charge is 0.138 e. The predicted octanol–water partition coefficient (Wildman–Crippen LogP) is 4.99. The van der Waals surface area contributed by atoms with Crippen LogP contribution in [0.2, 0.25) is 10.0 Å². The van der Waals surface area contributed by atoms with Crippen LogP contribution in [0.4, 0.5) is 4.39 Å². The maximum absolute atomic E-state index is 13.9. The van der Waals surface area contributed by atoms with E-state index in [4.69, 9.17) is 27.9 Å². The molecule has 0 aromatic heterocycles. The number of hydrogen-bond donors (Lipinski definition) is 1. The Bertz CT molecular complexity index is 649. The first-order valence-electron chi connectivity index (χ1n) is 5.60. The number of methoxy groups -OCH3 is 1. The second-order valence-corrected chi connectivity index (χ2v) is 5.81. The fourth-order valence-corrected chi connectivity index (χ4v) is 2.64. The molecular weight excluding hydrogens is 370 g/mol. The van der Waals surface area contributed by atoms with E-state index < -0.39 is 11.9 Å². The van der Waals surface area contributed by atoms with Crippen molar-refractivity contribution in [1.29, 1.82) is 0 Å². The summed E-state index contributed by atoms with van der Waals surface area (Å²) in [5.74, 6) is -0.140. The van der Waals surface area contributed by atoms with Gasteiger partial charge in [-0.15, -0.1) is 0 Å². The summed E-state index contributed by atoms with van der Waals surface area (Å²) in [6.07, 6.45) is -1.21. The number of aliphatic hydroxyl groups is 1. The first kappa shape index (κ1) is 15.6. The van der Waals surface area contributed by atoms with E-state index in [2.05, 4.69) is 15.9 Å². The highest BCUT2D eigenvalue weighted by molar-refractivity contribution is 9.10. The topological polar surface area (TPSA) is 29.5 Å². The van der Waals surface area contributed by atoms with Crippen LogP contribution in [0.5, 0.6) is 5.75 Å². The Hall–Kier alpha value is -0.810. The minimum absolute atomic E-state index is 0.122. The highest BCUT2D eigenvalue weighted by Gasteiger charge is 2.20. The Labute approximate surface area is 134 Å². The van der Waals surface area contributed by atoms with Crippen LogP contribution >= 0.6 is 39.1 Å². The van der Waals surface area contributed by atoms with Gasteiger partial charge in [-0.2, -0.15) is 0 Å². The van der Waals surface area contributed by atoms with Crippen LogP contribution in [0, 0.1) is 5.82 Å². The molecule has 6 heteroatoms. The third-order valence-electron chi connectivity index (χ3n) is 2.82. The lowest BCUT2D eigenvalue weighted by molar-refractivity contribution is 0.215. The molecule has 0 radical (unpaired) electrons. The molecule has 0 saturated heterocycles. The van der Waals surface area contributed by atoms with E-state index in [1.54, 1.807) is 6.07 Å².